The summed E-state index contributed by atoms with van der Waals surface area (Å²) in [5.74, 6) is -0.525. The lowest BCUT2D eigenvalue weighted by molar-refractivity contribution is -0.120. The van der Waals surface area contributed by atoms with Crippen LogP contribution in [0.15, 0.2) is 91.0 Å². The van der Waals surface area contributed by atoms with Crippen molar-refractivity contribution in [2.24, 2.45) is 5.73 Å². The maximum absolute atomic E-state index is 13.3. The Hall–Kier alpha value is -2.42. The van der Waals surface area contributed by atoms with E-state index in [0.717, 1.165) is 16.7 Å². The number of carbonyl (C=O) groups excluding carboxylic acids is 1. The summed E-state index contributed by atoms with van der Waals surface area (Å²) in [5, 5.41) is -0.627. The lowest BCUT2D eigenvalue weighted by Crippen LogP contribution is -2.32. The molecule has 0 aromatic heterocycles. The number of ketones is 1. The molecule has 2 nitrogen and oxygen atoms in total. The van der Waals surface area contributed by atoms with Gasteiger partial charge in [-0.3, -0.25) is 4.79 Å². The fourth-order valence-electron chi connectivity index (χ4n) is 3.19. The van der Waals surface area contributed by atoms with Gasteiger partial charge in [0.05, 0.1) is 11.3 Å². The van der Waals surface area contributed by atoms with Gasteiger partial charge in [-0.05, 0) is 23.1 Å². The van der Waals surface area contributed by atoms with Gasteiger partial charge in [-0.1, -0.05) is 91.0 Å². The molecule has 0 bridgehead atoms. The Morgan fingerprint density at radius 3 is 1.77 bits per heavy atom. The first-order chi connectivity index (χ1) is 12.7. The van der Waals surface area contributed by atoms with Crippen LogP contribution >= 0.6 is 11.6 Å². The number of benzene rings is 3. The standard InChI is InChI=1S/C23H22ClNO/c24-20(16-17-10-4-1-5-11-17)23(26)21(18-12-6-2-7-13-18)22(25)19-14-8-3-9-15-19/h1-15,20-22H,16,25H2. The van der Waals surface area contributed by atoms with Crippen molar-refractivity contribution >= 4 is 17.4 Å². The summed E-state index contributed by atoms with van der Waals surface area (Å²) in [5.41, 5.74) is 9.39. The molecule has 0 heterocycles. The highest BCUT2D eigenvalue weighted by Gasteiger charge is 2.32. The zero-order valence-electron chi connectivity index (χ0n) is 14.5. The molecule has 132 valence electrons. The lowest BCUT2D eigenvalue weighted by Gasteiger charge is -2.25. The predicted molar refractivity (Wildman–Crippen MR) is 107 cm³/mol. The van der Waals surface area contributed by atoms with Crippen LogP contribution in [0.4, 0.5) is 0 Å². The summed E-state index contributed by atoms with van der Waals surface area (Å²) in [6.45, 7) is 0. The van der Waals surface area contributed by atoms with Crippen LogP contribution in [0, 0.1) is 0 Å². The largest absolute Gasteiger partial charge is 0.323 e. The minimum absolute atomic E-state index is 0.0435. The first-order valence-corrected chi connectivity index (χ1v) is 9.17. The molecule has 0 spiro atoms. The molecule has 26 heavy (non-hydrogen) atoms. The van der Waals surface area contributed by atoms with Crippen LogP contribution in [0.1, 0.15) is 28.7 Å². The van der Waals surface area contributed by atoms with Crippen molar-refractivity contribution in [2.75, 3.05) is 0 Å². The molecular formula is C23H22ClNO. The molecule has 0 saturated carbocycles. The summed E-state index contributed by atoms with van der Waals surface area (Å²) in [7, 11) is 0. The molecule has 0 radical (unpaired) electrons. The van der Waals surface area contributed by atoms with Crippen LogP contribution in [-0.2, 0) is 11.2 Å². The molecule has 0 aliphatic rings. The first kappa shape index (κ1) is 18.4. The van der Waals surface area contributed by atoms with Crippen LogP contribution in [0.25, 0.3) is 0 Å². The zero-order chi connectivity index (χ0) is 18.4. The highest BCUT2D eigenvalue weighted by atomic mass is 35.5. The second-order valence-electron chi connectivity index (χ2n) is 6.38. The van der Waals surface area contributed by atoms with Gasteiger partial charge in [0.1, 0.15) is 0 Å². The van der Waals surface area contributed by atoms with Crippen molar-refractivity contribution in [3.8, 4) is 0 Å². The summed E-state index contributed by atoms with van der Waals surface area (Å²) < 4.78 is 0. The highest BCUT2D eigenvalue weighted by molar-refractivity contribution is 6.32. The van der Waals surface area contributed by atoms with E-state index in [1.54, 1.807) is 0 Å². The van der Waals surface area contributed by atoms with Crippen molar-refractivity contribution in [3.05, 3.63) is 108 Å². The number of nitrogens with two attached hydrogens (primary N) is 1. The molecule has 0 aliphatic carbocycles. The number of carbonyl (C=O) groups is 1. The van der Waals surface area contributed by atoms with Gasteiger partial charge in [-0.2, -0.15) is 0 Å². The molecule has 3 unspecified atom stereocenters. The van der Waals surface area contributed by atoms with Gasteiger partial charge < -0.3 is 5.73 Å². The quantitative estimate of drug-likeness (QED) is 0.607. The molecule has 3 rings (SSSR count). The monoisotopic (exact) mass is 363 g/mol. The second-order valence-corrected chi connectivity index (χ2v) is 6.91. The van der Waals surface area contributed by atoms with E-state index < -0.39 is 17.3 Å². The third-order valence-electron chi connectivity index (χ3n) is 4.58. The van der Waals surface area contributed by atoms with Crippen molar-refractivity contribution in [1.29, 1.82) is 0 Å². The minimum atomic E-state index is -0.627. The predicted octanol–water partition coefficient (Wildman–Crippen LogP) is 4.89. The fourth-order valence-corrected chi connectivity index (χ4v) is 3.51. The van der Waals surface area contributed by atoms with E-state index in [0.29, 0.717) is 6.42 Å². The molecule has 0 aliphatic heterocycles. The summed E-state index contributed by atoms with van der Waals surface area (Å²) in [6, 6.07) is 28.8. The SMILES string of the molecule is NC(c1ccccc1)C(C(=O)C(Cl)Cc1ccccc1)c1ccccc1. The number of hydrogen-bond acceptors (Lipinski definition) is 2. The van der Waals surface area contributed by atoms with Crippen LogP contribution in [-0.4, -0.2) is 11.2 Å². The summed E-state index contributed by atoms with van der Waals surface area (Å²) in [4.78, 5) is 13.3. The van der Waals surface area contributed by atoms with Crippen molar-refractivity contribution in [3.63, 3.8) is 0 Å². The maximum Gasteiger partial charge on any atom is 0.160 e. The molecule has 3 aromatic rings. The van der Waals surface area contributed by atoms with Crippen LogP contribution in [0.2, 0.25) is 0 Å². The molecule has 0 fully saturated rings. The number of hydrogen-bond donors (Lipinski definition) is 1. The Kier molecular flexibility index (Phi) is 6.21. The third-order valence-corrected chi connectivity index (χ3v) is 4.94. The average Bonchev–Trinajstić information content (AvgIpc) is 2.70. The molecule has 3 aromatic carbocycles. The molecular weight excluding hydrogens is 342 g/mol. The topological polar surface area (TPSA) is 43.1 Å². The number of Topliss-reactive ketones (excluding diaryl/α,β-unsaturated/α-hetero) is 1. The third kappa shape index (κ3) is 4.40. The summed E-state index contributed by atoms with van der Waals surface area (Å²) in [6.07, 6.45) is 0.492. The Bertz CT molecular complexity index is 821. The number of rotatable bonds is 7. The van der Waals surface area contributed by atoms with E-state index in [9.17, 15) is 4.79 Å². The second kappa shape index (κ2) is 8.79. The van der Waals surface area contributed by atoms with Crippen LogP contribution in [0.3, 0.4) is 0 Å². The van der Waals surface area contributed by atoms with Gasteiger partial charge in [0, 0.05) is 6.04 Å². The van der Waals surface area contributed by atoms with Crippen molar-refractivity contribution < 1.29 is 4.79 Å². The van der Waals surface area contributed by atoms with E-state index >= 15 is 0 Å². The number of alkyl halides is 1. The van der Waals surface area contributed by atoms with Gasteiger partial charge in [-0.25, -0.2) is 0 Å². The van der Waals surface area contributed by atoms with E-state index in [-0.39, 0.29) is 5.78 Å². The molecule has 2 N–H and O–H groups in total. The zero-order valence-corrected chi connectivity index (χ0v) is 15.2. The van der Waals surface area contributed by atoms with Crippen molar-refractivity contribution in [2.45, 2.75) is 23.8 Å². The lowest BCUT2D eigenvalue weighted by atomic mass is 9.82. The van der Waals surface area contributed by atoms with E-state index in [2.05, 4.69) is 0 Å². The van der Waals surface area contributed by atoms with E-state index in [4.69, 9.17) is 17.3 Å². The van der Waals surface area contributed by atoms with E-state index in [1.165, 1.54) is 0 Å². The van der Waals surface area contributed by atoms with Gasteiger partial charge in [0.15, 0.2) is 5.78 Å². The van der Waals surface area contributed by atoms with Gasteiger partial charge >= 0.3 is 0 Å². The Balaban J connectivity index is 1.89. The van der Waals surface area contributed by atoms with Gasteiger partial charge in [-0.15, -0.1) is 11.6 Å². The fraction of sp³-hybridized carbons (Fsp3) is 0.174. The van der Waals surface area contributed by atoms with Gasteiger partial charge in [0.2, 0.25) is 0 Å². The van der Waals surface area contributed by atoms with Crippen LogP contribution < -0.4 is 5.73 Å². The Morgan fingerprint density at radius 2 is 1.23 bits per heavy atom. The first-order valence-electron chi connectivity index (χ1n) is 8.74. The van der Waals surface area contributed by atoms with Crippen molar-refractivity contribution in [1.82, 2.24) is 0 Å². The van der Waals surface area contributed by atoms with Crippen LogP contribution in [0.5, 0.6) is 0 Å². The average molecular weight is 364 g/mol. The highest BCUT2D eigenvalue weighted by Crippen LogP contribution is 2.32. The Labute approximate surface area is 159 Å². The molecule has 0 amide bonds. The summed E-state index contributed by atoms with van der Waals surface area (Å²) >= 11 is 6.54. The normalized spacial score (nSPS) is 14.4. The minimum Gasteiger partial charge on any atom is -0.323 e. The van der Waals surface area contributed by atoms with E-state index in [1.807, 2.05) is 91.0 Å². The maximum atomic E-state index is 13.3. The van der Waals surface area contributed by atoms with Gasteiger partial charge in [0.25, 0.3) is 0 Å². The molecule has 3 heteroatoms. The molecule has 0 saturated heterocycles. The Morgan fingerprint density at radius 1 is 0.769 bits per heavy atom. The smallest absolute Gasteiger partial charge is 0.160 e. The molecule has 3 atom stereocenters. The number of halogens is 1.